The van der Waals surface area contributed by atoms with Crippen LogP contribution in [0.3, 0.4) is 0 Å². The highest BCUT2D eigenvalue weighted by atomic mass is 19.1. The number of fused-ring (bicyclic) bond motifs is 1. The molecule has 7 nitrogen and oxygen atoms in total. The quantitative estimate of drug-likeness (QED) is 0.513. The van der Waals surface area contributed by atoms with Gasteiger partial charge in [0.25, 0.3) is 0 Å². The van der Waals surface area contributed by atoms with E-state index in [-0.39, 0.29) is 11.7 Å². The Labute approximate surface area is 173 Å². The van der Waals surface area contributed by atoms with Gasteiger partial charge in [-0.25, -0.2) is 9.37 Å². The molecular formula is C22H23FN6O. The van der Waals surface area contributed by atoms with Gasteiger partial charge >= 0.3 is 0 Å². The molecule has 0 spiro atoms. The van der Waals surface area contributed by atoms with E-state index in [9.17, 15) is 4.39 Å². The number of aromatic nitrogens is 5. The van der Waals surface area contributed by atoms with Crippen LogP contribution in [0.2, 0.25) is 0 Å². The molecule has 0 saturated carbocycles. The third kappa shape index (κ3) is 3.59. The molecule has 4 heterocycles. The van der Waals surface area contributed by atoms with Gasteiger partial charge in [-0.15, -0.1) is 0 Å². The second kappa shape index (κ2) is 7.60. The fourth-order valence-corrected chi connectivity index (χ4v) is 4.24. The first-order valence-corrected chi connectivity index (χ1v) is 10.2. The van der Waals surface area contributed by atoms with Crippen LogP contribution in [-0.4, -0.2) is 42.9 Å². The number of halogens is 1. The van der Waals surface area contributed by atoms with E-state index < -0.39 is 0 Å². The number of pyridine rings is 1. The Morgan fingerprint density at radius 3 is 3.03 bits per heavy atom. The monoisotopic (exact) mass is 406 g/mol. The average Bonchev–Trinajstić information content (AvgIpc) is 3.34. The maximum Gasteiger partial charge on any atom is 0.231 e. The first kappa shape index (κ1) is 18.9. The summed E-state index contributed by atoms with van der Waals surface area (Å²) in [6.07, 6.45) is 3.99. The van der Waals surface area contributed by atoms with E-state index in [2.05, 4.69) is 31.2 Å². The summed E-state index contributed by atoms with van der Waals surface area (Å²) in [6.45, 7) is 4.69. The van der Waals surface area contributed by atoms with E-state index in [1.54, 1.807) is 12.1 Å². The smallest absolute Gasteiger partial charge is 0.231 e. The van der Waals surface area contributed by atoms with Crippen LogP contribution in [-0.2, 0) is 13.6 Å². The molecule has 8 heteroatoms. The summed E-state index contributed by atoms with van der Waals surface area (Å²) in [4.78, 5) is 11.5. The average molecular weight is 406 g/mol. The topological polar surface area (TPSA) is 72.9 Å². The highest BCUT2D eigenvalue weighted by Crippen LogP contribution is 2.29. The van der Waals surface area contributed by atoms with Gasteiger partial charge in [-0.2, -0.15) is 10.1 Å². The molecule has 1 saturated heterocycles. The standard InChI is InChI=1S/C22H23FN6O/c1-14-19-9-15(11-24-21(19)28(2)26-14)12-29-8-4-6-17(13-29)22-25-20(27-30-22)16-5-3-7-18(23)10-16/h3,5,7,9-11,17H,4,6,8,12-13H2,1-2H3. The third-order valence-corrected chi connectivity index (χ3v) is 5.71. The van der Waals surface area contributed by atoms with E-state index in [1.807, 2.05) is 24.9 Å². The lowest BCUT2D eigenvalue weighted by molar-refractivity contribution is 0.180. The van der Waals surface area contributed by atoms with Crippen LogP contribution in [0.5, 0.6) is 0 Å². The zero-order chi connectivity index (χ0) is 20.7. The normalized spacial score (nSPS) is 17.6. The molecule has 0 aliphatic carbocycles. The van der Waals surface area contributed by atoms with Crippen molar-refractivity contribution in [2.24, 2.45) is 7.05 Å². The number of aryl methyl sites for hydroxylation is 2. The van der Waals surface area contributed by atoms with Crippen molar-refractivity contribution in [1.29, 1.82) is 0 Å². The SMILES string of the molecule is Cc1nn(C)c2ncc(CN3CCCC(c4nc(-c5cccc(F)c5)no4)C3)cc12. The Hall–Kier alpha value is -3.13. The molecule has 3 aromatic heterocycles. The number of likely N-dealkylation sites (tertiary alicyclic amines) is 1. The second-order valence-corrected chi connectivity index (χ2v) is 7.96. The predicted octanol–water partition coefficient (Wildman–Crippen LogP) is 3.85. The van der Waals surface area contributed by atoms with Crippen molar-refractivity contribution in [3.05, 3.63) is 59.5 Å². The molecular weight excluding hydrogens is 383 g/mol. The molecule has 0 N–H and O–H groups in total. The molecule has 0 amide bonds. The van der Waals surface area contributed by atoms with Crippen LogP contribution < -0.4 is 0 Å². The van der Waals surface area contributed by atoms with Gasteiger partial charge in [0.1, 0.15) is 5.82 Å². The van der Waals surface area contributed by atoms with Crippen molar-refractivity contribution in [2.45, 2.75) is 32.2 Å². The number of rotatable bonds is 4. The van der Waals surface area contributed by atoms with Gasteiger partial charge in [-0.05, 0) is 50.1 Å². The van der Waals surface area contributed by atoms with Gasteiger partial charge in [0.05, 0.1) is 11.6 Å². The van der Waals surface area contributed by atoms with Crippen molar-refractivity contribution in [3.63, 3.8) is 0 Å². The highest BCUT2D eigenvalue weighted by molar-refractivity contribution is 5.78. The summed E-state index contributed by atoms with van der Waals surface area (Å²) < 4.78 is 20.8. The van der Waals surface area contributed by atoms with E-state index in [0.717, 1.165) is 49.2 Å². The molecule has 4 aromatic rings. The van der Waals surface area contributed by atoms with Crippen LogP contribution in [0.1, 0.15) is 35.9 Å². The Kier molecular flexibility index (Phi) is 4.78. The first-order valence-electron chi connectivity index (χ1n) is 10.2. The summed E-state index contributed by atoms with van der Waals surface area (Å²) in [7, 11) is 1.92. The Morgan fingerprint density at radius 1 is 1.27 bits per heavy atom. The fourth-order valence-electron chi connectivity index (χ4n) is 4.24. The fraction of sp³-hybridized carbons (Fsp3) is 0.364. The Morgan fingerprint density at radius 2 is 2.17 bits per heavy atom. The van der Waals surface area contributed by atoms with Crippen molar-refractivity contribution >= 4 is 11.0 Å². The minimum Gasteiger partial charge on any atom is -0.339 e. The number of nitrogens with zero attached hydrogens (tertiary/aromatic N) is 6. The highest BCUT2D eigenvalue weighted by Gasteiger charge is 2.26. The molecule has 1 atom stereocenters. The molecule has 1 unspecified atom stereocenters. The largest absolute Gasteiger partial charge is 0.339 e. The number of hydrogen-bond donors (Lipinski definition) is 0. The van der Waals surface area contributed by atoms with Crippen molar-refractivity contribution in [3.8, 4) is 11.4 Å². The summed E-state index contributed by atoms with van der Waals surface area (Å²) >= 11 is 0. The van der Waals surface area contributed by atoms with Crippen LogP contribution in [0.25, 0.3) is 22.4 Å². The molecule has 1 aliphatic heterocycles. The van der Waals surface area contributed by atoms with Crippen LogP contribution in [0.15, 0.2) is 41.1 Å². The summed E-state index contributed by atoms with van der Waals surface area (Å²) in [6, 6.07) is 8.45. The zero-order valence-electron chi connectivity index (χ0n) is 17.0. The Bertz CT molecular complexity index is 1200. The molecule has 154 valence electrons. The van der Waals surface area contributed by atoms with Gasteiger partial charge in [-0.3, -0.25) is 9.58 Å². The number of benzene rings is 1. The van der Waals surface area contributed by atoms with Crippen LogP contribution in [0, 0.1) is 12.7 Å². The molecule has 5 rings (SSSR count). The lowest BCUT2D eigenvalue weighted by atomic mass is 9.97. The van der Waals surface area contributed by atoms with Crippen LogP contribution in [0.4, 0.5) is 4.39 Å². The molecule has 1 aliphatic rings. The molecule has 30 heavy (non-hydrogen) atoms. The minimum absolute atomic E-state index is 0.172. The first-order chi connectivity index (χ1) is 14.6. The lowest BCUT2D eigenvalue weighted by Gasteiger charge is -2.30. The number of hydrogen-bond acceptors (Lipinski definition) is 6. The summed E-state index contributed by atoms with van der Waals surface area (Å²) in [5.74, 6) is 0.918. The van der Waals surface area contributed by atoms with Crippen molar-refractivity contribution in [2.75, 3.05) is 13.1 Å². The zero-order valence-corrected chi connectivity index (χ0v) is 17.0. The predicted molar refractivity (Wildman–Crippen MR) is 110 cm³/mol. The van der Waals surface area contributed by atoms with Gasteiger partial charge in [-0.1, -0.05) is 17.3 Å². The second-order valence-electron chi connectivity index (χ2n) is 7.96. The number of piperidine rings is 1. The third-order valence-electron chi connectivity index (χ3n) is 5.71. The summed E-state index contributed by atoms with van der Waals surface area (Å²) in [5.41, 5.74) is 3.70. The molecule has 1 aromatic carbocycles. The van der Waals surface area contributed by atoms with Crippen molar-refractivity contribution in [1.82, 2.24) is 29.8 Å². The van der Waals surface area contributed by atoms with E-state index >= 15 is 0 Å². The molecule has 0 bridgehead atoms. The maximum atomic E-state index is 13.5. The Balaban J connectivity index is 1.31. The maximum absolute atomic E-state index is 13.5. The van der Waals surface area contributed by atoms with E-state index in [1.165, 1.54) is 17.7 Å². The van der Waals surface area contributed by atoms with E-state index in [4.69, 9.17) is 4.52 Å². The van der Waals surface area contributed by atoms with Gasteiger partial charge in [0, 0.05) is 37.3 Å². The molecule has 1 fully saturated rings. The van der Waals surface area contributed by atoms with Gasteiger partial charge in [0.15, 0.2) is 5.65 Å². The van der Waals surface area contributed by atoms with E-state index in [0.29, 0.717) is 17.3 Å². The summed E-state index contributed by atoms with van der Waals surface area (Å²) in [5, 5.41) is 9.62. The molecule has 0 radical (unpaired) electrons. The van der Waals surface area contributed by atoms with Crippen molar-refractivity contribution < 1.29 is 8.91 Å². The van der Waals surface area contributed by atoms with Crippen LogP contribution >= 0.6 is 0 Å². The lowest BCUT2D eigenvalue weighted by Crippen LogP contribution is -2.34. The minimum atomic E-state index is -0.308. The van der Waals surface area contributed by atoms with Gasteiger partial charge < -0.3 is 4.52 Å². The van der Waals surface area contributed by atoms with Gasteiger partial charge in [0.2, 0.25) is 11.7 Å².